The molecule has 0 bridgehead atoms. The van der Waals surface area contributed by atoms with Crippen LogP contribution in [0.4, 0.5) is 0 Å². The van der Waals surface area contributed by atoms with Gasteiger partial charge in [0.05, 0.1) is 37.2 Å². The number of unbranched alkanes of at least 4 members (excludes halogenated alkanes) is 24. The second-order valence-electron chi connectivity index (χ2n) is 21.7. The molecule has 0 saturated heterocycles. The number of amides is 2. The molecule has 0 atom stereocenters. The molecule has 73 heavy (non-hydrogen) atoms. The standard InChI is InChI=1S/C62H109N3O7S.H2/c1-7-11-15-19-23-29-37-52(38-30-24-20-16-12-8-2)61(69)71-49-35-27-33-41-54(66)43-44-56-59(60(68)63-46-48-64(5)6)55-45-47-65(51-57(55)73-56)58(67)42-34-28-36-50-72-62(70)53(39-31-25-21-17-13-9-3)40-32-26-22-18-14-10-4;/h43-44,52-53H,7-42,45-51H2,1-6H3,(H,63,68);1H/b44-43-;. The number of nitrogens with one attached hydrogen (secondary N) is 1. The fourth-order valence-corrected chi connectivity index (χ4v) is 11.3. The Morgan fingerprint density at radius 3 is 1.47 bits per heavy atom. The number of rotatable bonds is 48. The number of hydrogen-bond acceptors (Lipinski definition) is 9. The van der Waals surface area contributed by atoms with Crippen molar-refractivity contribution in [3.8, 4) is 0 Å². The number of ketones is 1. The summed E-state index contributed by atoms with van der Waals surface area (Å²) in [4.78, 5) is 72.4. The molecule has 2 heterocycles. The molecule has 2 rings (SSSR count). The Labute approximate surface area is 452 Å². The monoisotopic (exact) mass is 1040 g/mol. The van der Waals surface area contributed by atoms with E-state index in [0.717, 1.165) is 98.8 Å². The number of hydrogen-bond donors (Lipinski definition) is 1. The second-order valence-corrected chi connectivity index (χ2v) is 22.9. The van der Waals surface area contributed by atoms with Crippen LogP contribution in [0.15, 0.2) is 6.08 Å². The Hall–Kier alpha value is -3.05. The molecule has 0 fully saturated rings. The van der Waals surface area contributed by atoms with Gasteiger partial charge in [0.15, 0.2) is 5.78 Å². The number of ether oxygens (including phenoxy) is 2. The van der Waals surface area contributed by atoms with Crippen molar-refractivity contribution in [1.82, 2.24) is 15.1 Å². The van der Waals surface area contributed by atoms with Crippen molar-refractivity contribution >= 4 is 46.9 Å². The normalized spacial score (nSPS) is 12.6. The second kappa shape index (κ2) is 44.1. The molecule has 10 nitrogen and oxygen atoms in total. The average Bonchev–Trinajstić information content (AvgIpc) is 3.75. The molecule has 1 aliphatic heterocycles. The quantitative estimate of drug-likeness (QED) is 0.0389. The number of fused-ring (bicyclic) bond motifs is 1. The summed E-state index contributed by atoms with van der Waals surface area (Å²) in [6.45, 7) is 12.0. The van der Waals surface area contributed by atoms with Gasteiger partial charge in [-0.3, -0.25) is 24.0 Å². The minimum atomic E-state index is -0.140. The lowest BCUT2D eigenvalue weighted by Gasteiger charge is -2.27. The first kappa shape index (κ1) is 66.1. The first-order valence-electron chi connectivity index (χ1n) is 30.4. The molecule has 0 unspecified atom stereocenters. The van der Waals surface area contributed by atoms with Crippen molar-refractivity contribution in [2.75, 3.05) is 46.9 Å². The minimum Gasteiger partial charge on any atom is -0.465 e. The molecule has 1 N–H and O–H groups in total. The molecule has 0 saturated carbocycles. The van der Waals surface area contributed by atoms with E-state index in [2.05, 4.69) is 33.0 Å². The maximum absolute atomic E-state index is 13.7. The van der Waals surface area contributed by atoms with Crippen LogP contribution < -0.4 is 5.32 Å². The van der Waals surface area contributed by atoms with Gasteiger partial charge in [0, 0.05) is 43.7 Å². The summed E-state index contributed by atoms with van der Waals surface area (Å²) in [6.07, 6.45) is 42.4. The third-order valence-corrected chi connectivity index (χ3v) is 16.0. The van der Waals surface area contributed by atoms with Crippen molar-refractivity contribution in [1.29, 1.82) is 0 Å². The number of nitrogens with zero attached hydrogens (tertiary/aromatic N) is 2. The SMILES string of the molecule is CCCCCCCCC(CCCCCCCC)C(=O)OCCCCCC(=O)/C=C\c1sc2c(c1C(=O)NCCN(C)C)CCN(C(=O)CCCCCOC(=O)C(CCCCCCCC)CCCCCCCC)C2.[HH]. The molecule has 2 amide bonds. The first-order chi connectivity index (χ1) is 35.6. The highest BCUT2D eigenvalue weighted by atomic mass is 32.1. The summed E-state index contributed by atoms with van der Waals surface area (Å²) in [7, 11) is 3.95. The molecule has 0 spiro atoms. The molecular weight excluding hydrogens is 931 g/mol. The predicted molar refractivity (Wildman–Crippen MR) is 308 cm³/mol. The molecule has 1 aromatic rings. The third kappa shape index (κ3) is 31.6. The number of esters is 2. The van der Waals surface area contributed by atoms with Crippen LogP contribution in [0.1, 0.15) is 286 Å². The summed E-state index contributed by atoms with van der Waals surface area (Å²) in [5.41, 5.74) is 1.60. The smallest absolute Gasteiger partial charge is 0.308 e. The van der Waals surface area contributed by atoms with Crippen LogP contribution in [0.5, 0.6) is 0 Å². The van der Waals surface area contributed by atoms with Gasteiger partial charge in [0.2, 0.25) is 5.91 Å². The lowest BCUT2D eigenvalue weighted by atomic mass is 9.94. The number of thiophene rings is 1. The molecule has 0 radical (unpaired) electrons. The Morgan fingerprint density at radius 2 is 1.01 bits per heavy atom. The summed E-state index contributed by atoms with van der Waals surface area (Å²) in [5.74, 6) is -0.108. The predicted octanol–water partition coefficient (Wildman–Crippen LogP) is 16.2. The zero-order chi connectivity index (χ0) is 53.2. The lowest BCUT2D eigenvalue weighted by molar-refractivity contribution is -0.150. The van der Waals surface area contributed by atoms with E-state index in [1.165, 1.54) is 140 Å². The van der Waals surface area contributed by atoms with Crippen molar-refractivity contribution in [2.24, 2.45) is 11.8 Å². The maximum atomic E-state index is 13.7. The summed E-state index contributed by atoms with van der Waals surface area (Å²) in [6, 6.07) is 0. The number of carbonyl (C=O) groups is 5. The van der Waals surface area contributed by atoms with Gasteiger partial charge in [-0.25, -0.2) is 0 Å². The van der Waals surface area contributed by atoms with E-state index in [9.17, 15) is 24.0 Å². The average molecular weight is 1040 g/mol. The first-order valence-corrected chi connectivity index (χ1v) is 31.3. The van der Waals surface area contributed by atoms with Gasteiger partial charge >= 0.3 is 11.9 Å². The topological polar surface area (TPSA) is 122 Å². The molecule has 0 aliphatic carbocycles. The van der Waals surface area contributed by atoms with Crippen molar-refractivity contribution in [3.63, 3.8) is 0 Å². The fraction of sp³-hybridized carbons (Fsp3) is 0.823. The van der Waals surface area contributed by atoms with E-state index in [-0.39, 0.29) is 42.8 Å². The van der Waals surface area contributed by atoms with Gasteiger partial charge in [0.1, 0.15) is 0 Å². The zero-order valence-corrected chi connectivity index (χ0v) is 48.7. The minimum absolute atomic E-state index is 0. The molecule has 1 aromatic heterocycles. The van der Waals surface area contributed by atoms with Gasteiger partial charge in [0.25, 0.3) is 5.91 Å². The zero-order valence-electron chi connectivity index (χ0n) is 47.9. The highest BCUT2D eigenvalue weighted by Crippen LogP contribution is 2.35. The third-order valence-electron chi connectivity index (χ3n) is 14.8. The van der Waals surface area contributed by atoms with Gasteiger partial charge in [-0.15, -0.1) is 11.3 Å². The maximum Gasteiger partial charge on any atom is 0.308 e. The van der Waals surface area contributed by atoms with E-state index < -0.39 is 0 Å². The lowest BCUT2D eigenvalue weighted by Crippen LogP contribution is -2.36. The largest absolute Gasteiger partial charge is 0.465 e. The van der Waals surface area contributed by atoms with Crippen LogP contribution >= 0.6 is 11.3 Å². The van der Waals surface area contributed by atoms with Gasteiger partial charge in [-0.1, -0.05) is 182 Å². The van der Waals surface area contributed by atoms with Crippen LogP contribution in [0.25, 0.3) is 6.08 Å². The summed E-state index contributed by atoms with van der Waals surface area (Å²) < 4.78 is 11.6. The van der Waals surface area contributed by atoms with Crippen LogP contribution in [-0.4, -0.2) is 86.3 Å². The Bertz CT molecular complexity index is 1620. The molecule has 1 aliphatic rings. The Morgan fingerprint density at radius 1 is 0.589 bits per heavy atom. The van der Waals surface area contributed by atoms with Crippen LogP contribution in [-0.2, 0) is 41.6 Å². The number of carbonyl (C=O) groups excluding carboxylic acids is 5. The van der Waals surface area contributed by atoms with Crippen LogP contribution in [0, 0.1) is 11.8 Å². The van der Waals surface area contributed by atoms with Crippen LogP contribution in [0.3, 0.4) is 0 Å². The van der Waals surface area contributed by atoms with Gasteiger partial charge in [-0.05, 0) is 102 Å². The molecule has 0 aromatic carbocycles. The van der Waals surface area contributed by atoms with Crippen molar-refractivity contribution in [3.05, 3.63) is 27.0 Å². The van der Waals surface area contributed by atoms with E-state index in [4.69, 9.17) is 9.47 Å². The Kier molecular flexibility index (Phi) is 39.9. The fourth-order valence-electron chi connectivity index (χ4n) is 10.1. The molecule has 11 heteroatoms. The van der Waals surface area contributed by atoms with E-state index in [1.807, 2.05) is 23.9 Å². The van der Waals surface area contributed by atoms with Crippen LogP contribution in [0.2, 0.25) is 0 Å². The number of allylic oxidation sites excluding steroid dienone is 1. The number of likely N-dealkylation sites (N-methyl/N-ethyl adjacent to an activating group) is 1. The summed E-state index contributed by atoms with van der Waals surface area (Å²) >= 11 is 1.51. The van der Waals surface area contributed by atoms with Crippen molar-refractivity contribution in [2.45, 2.75) is 272 Å². The van der Waals surface area contributed by atoms with E-state index in [1.54, 1.807) is 12.2 Å². The van der Waals surface area contributed by atoms with Crippen molar-refractivity contribution < 1.29 is 34.9 Å². The summed E-state index contributed by atoms with van der Waals surface area (Å²) in [5, 5.41) is 3.09. The molecule has 422 valence electrons. The highest BCUT2D eigenvalue weighted by Gasteiger charge is 2.29. The van der Waals surface area contributed by atoms with Gasteiger partial charge in [-0.2, -0.15) is 0 Å². The van der Waals surface area contributed by atoms with Gasteiger partial charge < -0.3 is 24.6 Å². The van der Waals surface area contributed by atoms with E-state index in [0.29, 0.717) is 70.6 Å². The van der Waals surface area contributed by atoms with E-state index >= 15 is 0 Å². The highest BCUT2D eigenvalue weighted by molar-refractivity contribution is 7.13. The molecular formula is C62H111N3O7S. The Balaban J connectivity index is 0.0000274.